The van der Waals surface area contributed by atoms with Crippen LogP contribution >= 0.6 is 7.92 Å². The summed E-state index contributed by atoms with van der Waals surface area (Å²) < 4.78 is 0. The fourth-order valence-corrected chi connectivity index (χ4v) is 5.06. The number of allylic oxidation sites excluding steroid dienone is 1. The van der Waals surface area contributed by atoms with Gasteiger partial charge < -0.3 is 0 Å². The lowest BCUT2D eigenvalue weighted by molar-refractivity contribution is 0.938. The monoisotopic (exact) mass is 182 g/mol. The van der Waals surface area contributed by atoms with Gasteiger partial charge in [0.2, 0.25) is 0 Å². The summed E-state index contributed by atoms with van der Waals surface area (Å²) in [5.41, 5.74) is 5.65. The van der Waals surface area contributed by atoms with Crippen molar-refractivity contribution in [3.05, 3.63) is 16.6 Å². The second kappa shape index (κ2) is 3.02. The van der Waals surface area contributed by atoms with E-state index in [0.29, 0.717) is 5.16 Å². The molecule has 0 aromatic carbocycles. The topological polar surface area (TPSA) is 0 Å². The molecule has 0 radical (unpaired) electrons. The molecule has 0 nitrogen and oxygen atoms in total. The Bertz CT molecular complexity index is 248. The van der Waals surface area contributed by atoms with Crippen LogP contribution in [0.15, 0.2) is 16.6 Å². The van der Waals surface area contributed by atoms with Crippen LogP contribution in [0.25, 0.3) is 0 Å². The van der Waals surface area contributed by atoms with Gasteiger partial charge in [0.05, 0.1) is 0 Å². The third kappa shape index (κ3) is 1.65. The summed E-state index contributed by atoms with van der Waals surface area (Å²) in [5, 5.41) is 2.08. The van der Waals surface area contributed by atoms with E-state index in [9.17, 15) is 0 Å². The zero-order chi connectivity index (χ0) is 9.52. The minimum absolute atomic E-state index is 0.136. The predicted molar refractivity (Wildman–Crippen MR) is 58.0 cm³/mol. The first-order valence-corrected chi connectivity index (χ1v) is 6.02. The molecule has 1 unspecified atom stereocenters. The minimum atomic E-state index is 0.136. The van der Waals surface area contributed by atoms with Crippen molar-refractivity contribution in [2.75, 3.05) is 0 Å². The Balaban J connectivity index is 2.95. The highest BCUT2D eigenvalue weighted by molar-refractivity contribution is 7.73. The van der Waals surface area contributed by atoms with Gasteiger partial charge in [0.25, 0.3) is 0 Å². The maximum atomic E-state index is 3.50. The standard InChI is InChI=1S/C11H19P/c1-8(2)7-10-11(5,6)12(10)9(3)4/h9H,1-6H3. The van der Waals surface area contributed by atoms with E-state index in [1.54, 1.807) is 5.31 Å². The van der Waals surface area contributed by atoms with Crippen molar-refractivity contribution in [3.8, 4) is 0 Å². The van der Waals surface area contributed by atoms with Gasteiger partial charge in [-0.05, 0) is 25.1 Å². The molecule has 0 saturated carbocycles. The third-order valence-corrected chi connectivity index (χ3v) is 5.65. The minimum Gasteiger partial charge on any atom is -0.117 e. The second-order valence-corrected chi connectivity index (χ2v) is 7.83. The number of hydrogen-bond acceptors (Lipinski definition) is 0. The van der Waals surface area contributed by atoms with Crippen molar-refractivity contribution < 1.29 is 0 Å². The fourth-order valence-electron chi connectivity index (χ4n) is 1.80. The van der Waals surface area contributed by atoms with Crippen molar-refractivity contribution in [1.29, 1.82) is 0 Å². The predicted octanol–water partition coefficient (Wildman–Crippen LogP) is 4.12. The van der Waals surface area contributed by atoms with Gasteiger partial charge in [0.15, 0.2) is 0 Å². The van der Waals surface area contributed by atoms with Crippen molar-refractivity contribution in [2.45, 2.75) is 52.4 Å². The molecule has 12 heavy (non-hydrogen) atoms. The molecular weight excluding hydrogens is 163 g/mol. The summed E-state index contributed by atoms with van der Waals surface area (Å²) in [7, 11) is 0.136. The van der Waals surface area contributed by atoms with Crippen molar-refractivity contribution in [2.24, 2.45) is 0 Å². The maximum Gasteiger partial charge on any atom is 0.0221 e. The Morgan fingerprint density at radius 2 is 1.83 bits per heavy atom. The zero-order valence-corrected chi connectivity index (χ0v) is 9.92. The van der Waals surface area contributed by atoms with Gasteiger partial charge in [-0.1, -0.05) is 35.6 Å². The first kappa shape index (κ1) is 10.0. The van der Waals surface area contributed by atoms with E-state index in [2.05, 4.69) is 47.3 Å². The van der Waals surface area contributed by atoms with Crippen molar-refractivity contribution in [1.82, 2.24) is 0 Å². The fraction of sp³-hybridized carbons (Fsp3) is 0.727. The lowest BCUT2D eigenvalue weighted by Crippen LogP contribution is -1.93. The molecule has 1 aliphatic rings. The Morgan fingerprint density at radius 3 is 2.08 bits per heavy atom. The van der Waals surface area contributed by atoms with Crippen LogP contribution in [0.1, 0.15) is 41.5 Å². The highest BCUT2D eigenvalue weighted by atomic mass is 31.1. The molecule has 0 aliphatic carbocycles. The number of rotatable bonds is 1. The van der Waals surface area contributed by atoms with Gasteiger partial charge in [-0.15, -0.1) is 5.73 Å². The quantitative estimate of drug-likeness (QED) is 0.422. The van der Waals surface area contributed by atoms with E-state index in [-0.39, 0.29) is 7.92 Å². The van der Waals surface area contributed by atoms with E-state index in [4.69, 9.17) is 0 Å². The van der Waals surface area contributed by atoms with Crippen LogP contribution in [0.5, 0.6) is 0 Å². The molecule has 0 N–H and O–H groups in total. The molecule has 0 spiro atoms. The molecule has 1 saturated heterocycles. The molecule has 1 aliphatic heterocycles. The first-order valence-electron chi connectivity index (χ1n) is 4.61. The molecule has 1 rings (SSSR count). The molecule has 0 aromatic rings. The van der Waals surface area contributed by atoms with Gasteiger partial charge in [-0.25, -0.2) is 0 Å². The number of hydrogen-bond donors (Lipinski definition) is 0. The molecule has 0 bridgehead atoms. The summed E-state index contributed by atoms with van der Waals surface area (Å²) in [6, 6.07) is 0. The first-order chi connectivity index (χ1) is 5.37. The van der Waals surface area contributed by atoms with Gasteiger partial charge >= 0.3 is 0 Å². The van der Waals surface area contributed by atoms with Gasteiger partial charge in [-0.3, -0.25) is 0 Å². The van der Waals surface area contributed by atoms with E-state index < -0.39 is 0 Å². The molecule has 0 aromatic heterocycles. The smallest absolute Gasteiger partial charge is 0.0221 e. The van der Waals surface area contributed by atoms with Crippen LogP contribution in [-0.2, 0) is 0 Å². The van der Waals surface area contributed by atoms with Crippen LogP contribution in [-0.4, -0.2) is 10.8 Å². The molecule has 1 heteroatoms. The van der Waals surface area contributed by atoms with Gasteiger partial charge in [0.1, 0.15) is 0 Å². The average molecular weight is 182 g/mol. The van der Waals surface area contributed by atoms with Crippen LogP contribution in [0.3, 0.4) is 0 Å². The molecule has 68 valence electrons. The zero-order valence-electron chi connectivity index (χ0n) is 9.02. The van der Waals surface area contributed by atoms with Crippen LogP contribution < -0.4 is 0 Å². The SMILES string of the molecule is CC(C)=C=C1P(C(C)C)C1(C)C. The molecule has 1 fully saturated rings. The summed E-state index contributed by atoms with van der Waals surface area (Å²) >= 11 is 0. The molecular formula is C11H19P. The maximum absolute atomic E-state index is 3.50. The Kier molecular flexibility index (Phi) is 2.52. The molecule has 0 amide bonds. The summed E-state index contributed by atoms with van der Waals surface area (Å²) in [5.74, 6) is 0. The summed E-state index contributed by atoms with van der Waals surface area (Å²) in [4.78, 5) is 0. The highest BCUT2D eigenvalue weighted by Crippen LogP contribution is 2.80. The average Bonchev–Trinajstić information content (AvgIpc) is 2.32. The van der Waals surface area contributed by atoms with E-state index >= 15 is 0 Å². The second-order valence-electron chi connectivity index (χ2n) is 4.50. The van der Waals surface area contributed by atoms with E-state index in [0.717, 1.165) is 5.66 Å². The van der Waals surface area contributed by atoms with Crippen LogP contribution in [0.4, 0.5) is 0 Å². The third-order valence-electron chi connectivity index (χ3n) is 2.26. The highest BCUT2D eigenvalue weighted by Gasteiger charge is 2.53. The lowest BCUT2D eigenvalue weighted by Gasteiger charge is -2.03. The van der Waals surface area contributed by atoms with Crippen LogP contribution in [0, 0.1) is 0 Å². The summed E-state index contributed by atoms with van der Waals surface area (Å²) in [6.45, 7) is 13.6. The Labute approximate surface area is 77.5 Å². The van der Waals surface area contributed by atoms with E-state index in [1.165, 1.54) is 5.57 Å². The largest absolute Gasteiger partial charge is 0.117 e. The van der Waals surface area contributed by atoms with Crippen molar-refractivity contribution >= 4 is 7.92 Å². The summed E-state index contributed by atoms with van der Waals surface area (Å²) in [6.07, 6.45) is 0. The Hall–Kier alpha value is -0.0500. The molecule has 1 atom stereocenters. The normalized spacial score (nSPS) is 25.6. The van der Waals surface area contributed by atoms with E-state index in [1.807, 2.05) is 0 Å². The van der Waals surface area contributed by atoms with Crippen molar-refractivity contribution in [3.63, 3.8) is 0 Å². The lowest BCUT2D eigenvalue weighted by atomic mass is 10.2. The van der Waals surface area contributed by atoms with Gasteiger partial charge in [-0.2, -0.15) is 0 Å². The van der Waals surface area contributed by atoms with Gasteiger partial charge in [0, 0.05) is 10.5 Å². The molecule has 1 heterocycles. The van der Waals surface area contributed by atoms with Crippen LogP contribution in [0.2, 0.25) is 0 Å². The Morgan fingerprint density at radius 1 is 1.33 bits per heavy atom.